The summed E-state index contributed by atoms with van der Waals surface area (Å²) in [5.74, 6) is 0. The Labute approximate surface area is 124 Å². The van der Waals surface area contributed by atoms with E-state index < -0.39 is 10.0 Å². The standard InChI is InChI=1S/C14H19N3O3S/c1-11-9-15-17(2)14(11)21(19,20)16-10-13-5-3-12(4-6-13)7-8-18/h3-6,9,16,18H,7-8,10H2,1-2H3. The van der Waals surface area contributed by atoms with E-state index >= 15 is 0 Å². The molecule has 0 saturated carbocycles. The molecule has 0 aliphatic carbocycles. The van der Waals surface area contributed by atoms with Gasteiger partial charge in [0.1, 0.15) is 0 Å². The van der Waals surface area contributed by atoms with Crippen molar-refractivity contribution in [2.24, 2.45) is 7.05 Å². The Morgan fingerprint density at radius 3 is 2.38 bits per heavy atom. The molecule has 0 atom stereocenters. The molecule has 0 spiro atoms. The molecule has 0 aliphatic heterocycles. The average molecular weight is 309 g/mol. The summed E-state index contributed by atoms with van der Waals surface area (Å²) in [4.78, 5) is 0. The van der Waals surface area contributed by atoms with Gasteiger partial charge in [0, 0.05) is 25.8 Å². The first-order chi connectivity index (χ1) is 9.94. The van der Waals surface area contributed by atoms with Gasteiger partial charge in [-0.2, -0.15) is 5.10 Å². The van der Waals surface area contributed by atoms with Crippen LogP contribution in [0.4, 0.5) is 0 Å². The fraction of sp³-hybridized carbons (Fsp3) is 0.357. The highest BCUT2D eigenvalue weighted by Crippen LogP contribution is 2.13. The van der Waals surface area contributed by atoms with E-state index in [0.29, 0.717) is 12.0 Å². The summed E-state index contributed by atoms with van der Waals surface area (Å²) in [6.07, 6.45) is 2.12. The maximum Gasteiger partial charge on any atom is 0.258 e. The quantitative estimate of drug-likeness (QED) is 0.824. The Hall–Kier alpha value is -1.70. The van der Waals surface area contributed by atoms with Crippen LogP contribution in [-0.2, 0) is 30.0 Å². The Morgan fingerprint density at radius 2 is 1.86 bits per heavy atom. The van der Waals surface area contributed by atoms with Crippen LogP contribution >= 0.6 is 0 Å². The minimum absolute atomic E-state index is 0.103. The first kappa shape index (κ1) is 15.7. The normalized spacial score (nSPS) is 11.8. The lowest BCUT2D eigenvalue weighted by Gasteiger charge is -2.08. The Kier molecular flexibility index (Phi) is 4.76. The van der Waals surface area contributed by atoms with Crippen molar-refractivity contribution in [1.29, 1.82) is 0 Å². The molecule has 2 N–H and O–H groups in total. The van der Waals surface area contributed by atoms with E-state index in [1.165, 1.54) is 10.9 Å². The number of nitrogens with one attached hydrogen (secondary N) is 1. The smallest absolute Gasteiger partial charge is 0.258 e. The van der Waals surface area contributed by atoms with Crippen LogP contribution in [0, 0.1) is 6.92 Å². The van der Waals surface area contributed by atoms with Crippen LogP contribution in [0.1, 0.15) is 16.7 Å². The number of aliphatic hydroxyl groups is 1. The molecule has 0 saturated heterocycles. The van der Waals surface area contributed by atoms with E-state index in [4.69, 9.17) is 5.11 Å². The summed E-state index contributed by atoms with van der Waals surface area (Å²) < 4.78 is 28.5. The van der Waals surface area contributed by atoms with Gasteiger partial charge in [-0.3, -0.25) is 4.68 Å². The van der Waals surface area contributed by atoms with E-state index in [2.05, 4.69) is 9.82 Å². The van der Waals surface area contributed by atoms with Gasteiger partial charge in [0.05, 0.1) is 6.20 Å². The predicted octanol–water partition coefficient (Wildman–Crippen LogP) is 0.742. The van der Waals surface area contributed by atoms with Crippen molar-refractivity contribution in [3.8, 4) is 0 Å². The van der Waals surface area contributed by atoms with E-state index in [-0.39, 0.29) is 18.2 Å². The van der Waals surface area contributed by atoms with Crippen LogP contribution in [0.3, 0.4) is 0 Å². The van der Waals surface area contributed by atoms with Gasteiger partial charge < -0.3 is 5.11 Å². The molecule has 2 rings (SSSR count). The summed E-state index contributed by atoms with van der Waals surface area (Å²) in [6, 6.07) is 7.47. The topological polar surface area (TPSA) is 84.2 Å². The van der Waals surface area contributed by atoms with Gasteiger partial charge in [-0.05, 0) is 24.5 Å². The van der Waals surface area contributed by atoms with Crippen molar-refractivity contribution in [3.05, 3.63) is 47.2 Å². The molecule has 1 aromatic carbocycles. The van der Waals surface area contributed by atoms with Crippen LogP contribution in [-0.4, -0.2) is 29.9 Å². The zero-order valence-corrected chi connectivity index (χ0v) is 12.9. The third-order valence-electron chi connectivity index (χ3n) is 3.20. The lowest BCUT2D eigenvalue weighted by atomic mass is 10.1. The van der Waals surface area contributed by atoms with Gasteiger partial charge in [-0.15, -0.1) is 0 Å². The molecule has 2 aromatic rings. The Morgan fingerprint density at radius 1 is 1.24 bits per heavy atom. The molecular formula is C14H19N3O3S. The Bertz CT molecular complexity index is 686. The van der Waals surface area contributed by atoms with Crippen LogP contribution < -0.4 is 4.72 Å². The van der Waals surface area contributed by atoms with Crippen molar-refractivity contribution >= 4 is 10.0 Å². The second-order valence-electron chi connectivity index (χ2n) is 4.87. The van der Waals surface area contributed by atoms with Crippen molar-refractivity contribution in [1.82, 2.24) is 14.5 Å². The second kappa shape index (κ2) is 6.38. The van der Waals surface area contributed by atoms with Crippen molar-refractivity contribution in [3.63, 3.8) is 0 Å². The van der Waals surface area contributed by atoms with Crippen LogP contribution in [0.5, 0.6) is 0 Å². The summed E-state index contributed by atoms with van der Waals surface area (Å²) >= 11 is 0. The summed E-state index contributed by atoms with van der Waals surface area (Å²) in [7, 11) is -1.98. The SMILES string of the molecule is Cc1cnn(C)c1S(=O)(=O)NCc1ccc(CCO)cc1. The fourth-order valence-corrected chi connectivity index (χ4v) is 3.49. The molecule has 0 amide bonds. The number of nitrogens with zero attached hydrogens (tertiary/aromatic N) is 2. The zero-order chi connectivity index (χ0) is 15.5. The number of aryl methyl sites for hydroxylation is 2. The fourth-order valence-electron chi connectivity index (χ4n) is 2.12. The van der Waals surface area contributed by atoms with Gasteiger partial charge in [0.25, 0.3) is 10.0 Å². The minimum Gasteiger partial charge on any atom is -0.396 e. The van der Waals surface area contributed by atoms with Crippen molar-refractivity contribution < 1.29 is 13.5 Å². The lowest BCUT2D eigenvalue weighted by molar-refractivity contribution is 0.299. The molecule has 7 heteroatoms. The van der Waals surface area contributed by atoms with Gasteiger partial charge in [-0.1, -0.05) is 24.3 Å². The number of sulfonamides is 1. The van der Waals surface area contributed by atoms with E-state index in [1.807, 2.05) is 24.3 Å². The largest absolute Gasteiger partial charge is 0.396 e. The lowest BCUT2D eigenvalue weighted by Crippen LogP contribution is -2.26. The number of hydrogen-bond donors (Lipinski definition) is 2. The number of rotatable bonds is 6. The molecule has 0 unspecified atom stereocenters. The number of hydrogen-bond acceptors (Lipinski definition) is 4. The Balaban J connectivity index is 2.08. The zero-order valence-electron chi connectivity index (χ0n) is 12.1. The van der Waals surface area contributed by atoms with Crippen LogP contribution in [0.25, 0.3) is 0 Å². The molecule has 0 fully saturated rings. The first-order valence-electron chi connectivity index (χ1n) is 6.61. The molecular weight excluding hydrogens is 290 g/mol. The minimum atomic E-state index is -3.59. The highest BCUT2D eigenvalue weighted by molar-refractivity contribution is 7.89. The van der Waals surface area contributed by atoms with Crippen LogP contribution in [0.15, 0.2) is 35.5 Å². The number of aliphatic hydroxyl groups excluding tert-OH is 1. The van der Waals surface area contributed by atoms with E-state index in [1.54, 1.807) is 14.0 Å². The van der Waals surface area contributed by atoms with Crippen LogP contribution in [0.2, 0.25) is 0 Å². The van der Waals surface area contributed by atoms with Gasteiger partial charge in [0.15, 0.2) is 5.03 Å². The monoisotopic (exact) mass is 309 g/mol. The number of aromatic nitrogens is 2. The molecule has 0 aliphatic rings. The van der Waals surface area contributed by atoms with Crippen molar-refractivity contribution in [2.45, 2.75) is 24.9 Å². The summed E-state index contributed by atoms with van der Waals surface area (Å²) in [5, 5.41) is 13.0. The van der Waals surface area contributed by atoms with Gasteiger partial charge in [-0.25, -0.2) is 13.1 Å². The molecule has 6 nitrogen and oxygen atoms in total. The summed E-state index contributed by atoms with van der Waals surface area (Å²) in [6.45, 7) is 2.03. The first-order valence-corrected chi connectivity index (χ1v) is 8.09. The molecule has 21 heavy (non-hydrogen) atoms. The number of benzene rings is 1. The molecule has 114 valence electrons. The highest BCUT2D eigenvalue weighted by atomic mass is 32.2. The molecule has 0 radical (unpaired) electrons. The maximum atomic E-state index is 12.3. The third kappa shape index (κ3) is 3.69. The van der Waals surface area contributed by atoms with E-state index in [9.17, 15) is 8.42 Å². The van der Waals surface area contributed by atoms with Crippen molar-refractivity contribution in [2.75, 3.05) is 6.61 Å². The predicted molar refractivity (Wildman–Crippen MR) is 79.2 cm³/mol. The highest BCUT2D eigenvalue weighted by Gasteiger charge is 2.20. The van der Waals surface area contributed by atoms with E-state index in [0.717, 1.165) is 11.1 Å². The molecule has 0 bridgehead atoms. The average Bonchev–Trinajstić information content (AvgIpc) is 2.78. The second-order valence-corrected chi connectivity index (χ2v) is 6.55. The molecule has 1 aromatic heterocycles. The maximum absolute atomic E-state index is 12.3. The van der Waals surface area contributed by atoms with Gasteiger partial charge in [0.2, 0.25) is 0 Å². The van der Waals surface area contributed by atoms with Gasteiger partial charge >= 0.3 is 0 Å². The summed E-state index contributed by atoms with van der Waals surface area (Å²) in [5.41, 5.74) is 2.50. The molecule has 1 heterocycles. The third-order valence-corrected chi connectivity index (χ3v) is 4.82.